The van der Waals surface area contributed by atoms with E-state index in [4.69, 9.17) is 4.74 Å². The third kappa shape index (κ3) is 5.22. The van der Waals surface area contributed by atoms with Crippen LogP contribution in [0, 0.1) is 5.92 Å². The second-order valence-electron chi connectivity index (χ2n) is 8.97. The van der Waals surface area contributed by atoms with E-state index in [2.05, 4.69) is 15.6 Å². The van der Waals surface area contributed by atoms with Crippen molar-refractivity contribution in [1.29, 1.82) is 0 Å². The van der Waals surface area contributed by atoms with E-state index in [-0.39, 0.29) is 27.6 Å². The molecule has 2 aromatic heterocycles. The lowest BCUT2D eigenvalue weighted by Gasteiger charge is -2.41. The Kier molecular flexibility index (Phi) is 6.90. The van der Waals surface area contributed by atoms with Gasteiger partial charge in [-0.15, -0.1) is 11.3 Å². The van der Waals surface area contributed by atoms with E-state index < -0.39 is 29.8 Å². The summed E-state index contributed by atoms with van der Waals surface area (Å²) in [6, 6.07) is 0.802. The molecule has 1 saturated heterocycles. The first-order valence-electron chi connectivity index (χ1n) is 11.2. The number of nitrogens with one attached hydrogen (secondary N) is 2. The average Bonchev–Trinajstić information content (AvgIpc) is 3.53. The van der Waals surface area contributed by atoms with Crippen LogP contribution in [0.25, 0.3) is 10.2 Å². The third-order valence-electron chi connectivity index (χ3n) is 6.28. The number of halogens is 3. The molecule has 2 fully saturated rings. The first-order chi connectivity index (χ1) is 16.1. The van der Waals surface area contributed by atoms with Crippen molar-refractivity contribution in [2.75, 3.05) is 45.7 Å². The number of alkyl carbamates (subject to hydrolysis) is 1. The number of carbonyl (C=O) groups excluding carboxylic acids is 2. The van der Waals surface area contributed by atoms with Crippen molar-refractivity contribution in [2.45, 2.75) is 37.6 Å². The van der Waals surface area contributed by atoms with Gasteiger partial charge in [0.1, 0.15) is 11.9 Å². The largest absolute Gasteiger partial charge is 0.444 e. The summed E-state index contributed by atoms with van der Waals surface area (Å²) in [7, 11) is 5.10. The molecular formula is C22H28F3N5O3S. The van der Waals surface area contributed by atoms with Crippen molar-refractivity contribution < 1.29 is 27.5 Å². The molecule has 186 valence electrons. The molecule has 1 aliphatic carbocycles. The molecular weight excluding hydrogens is 471 g/mol. The van der Waals surface area contributed by atoms with Gasteiger partial charge in [0.2, 0.25) is 0 Å². The van der Waals surface area contributed by atoms with E-state index in [0.717, 1.165) is 30.2 Å². The van der Waals surface area contributed by atoms with Crippen molar-refractivity contribution >= 4 is 39.4 Å². The van der Waals surface area contributed by atoms with Gasteiger partial charge >= 0.3 is 12.3 Å². The summed E-state index contributed by atoms with van der Waals surface area (Å²) >= 11 is 0.856. The van der Waals surface area contributed by atoms with Crippen LogP contribution in [-0.4, -0.2) is 74.8 Å². The predicted octanol–water partition coefficient (Wildman–Crippen LogP) is 3.32. The van der Waals surface area contributed by atoms with Gasteiger partial charge in [-0.1, -0.05) is 0 Å². The molecule has 2 amide bonds. The minimum absolute atomic E-state index is 0.0356. The molecule has 12 heteroatoms. The van der Waals surface area contributed by atoms with Crippen LogP contribution in [0.5, 0.6) is 0 Å². The van der Waals surface area contributed by atoms with Crippen LogP contribution < -0.4 is 15.5 Å². The highest BCUT2D eigenvalue weighted by atomic mass is 32.1. The summed E-state index contributed by atoms with van der Waals surface area (Å²) in [5.74, 6) is 0.186. The standard InChI is InChI=1S/C22H28F3N5O3S/c1-26-20(31)13-11-34-19-14(22(23,24)25)8-17(28-18(13)19)30-7-6-16(15(10-30)29(2)3)33-21(32)27-9-12-4-5-12/h8,11-12,15-16H,4-7,9-10H2,1-3H3,(H,26,31)(H,27,32)/t15-,16-/m1/s1. The lowest BCUT2D eigenvalue weighted by Crippen LogP contribution is -2.55. The van der Waals surface area contributed by atoms with E-state index >= 15 is 0 Å². The number of carbonyl (C=O) groups is 2. The van der Waals surface area contributed by atoms with Gasteiger partial charge in [-0.3, -0.25) is 4.79 Å². The van der Waals surface area contributed by atoms with Gasteiger partial charge in [0, 0.05) is 38.5 Å². The number of amides is 2. The fraction of sp³-hybridized carbons (Fsp3) is 0.591. The number of likely N-dealkylation sites (N-methyl/N-ethyl adjacent to an activating group) is 1. The summed E-state index contributed by atoms with van der Waals surface area (Å²) in [5, 5.41) is 6.65. The number of anilines is 1. The number of fused-ring (bicyclic) bond motifs is 1. The van der Waals surface area contributed by atoms with Gasteiger partial charge in [-0.05, 0) is 38.9 Å². The molecule has 8 nitrogen and oxygen atoms in total. The highest BCUT2D eigenvalue weighted by Crippen LogP contribution is 2.40. The van der Waals surface area contributed by atoms with Crippen molar-refractivity contribution in [2.24, 2.45) is 5.92 Å². The average molecular weight is 500 g/mol. The van der Waals surface area contributed by atoms with Crippen LogP contribution in [-0.2, 0) is 10.9 Å². The number of piperidine rings is 1. The summed E-state index contributed by atoms with van der Waals surface area (Å²) in [4.78, 5) is 32.6. The van der Waals surface area contributed by atoms with Crippen molar-refractivity contribution in [3.63, 3.8) is 0 Å². The highest BCUT2D eigenvalue weighted by Gasteiger charge is 2.38. The molecule has 0 radical (unpaired) electrons. The van der Waals surface area contributed by atoms with E-state index in [0.29, 0.717) is 32.0 Å². The second kappa shape index (κ2) is 9.57. The number of hydrogen-bond acceptors (Lipinski definition) is 7. The Balaban J connectivity index is 1.59. The Labute approximate surface area is 199 Å². The number of aromatic nitrogens is 1. The molecule has 3 heterocycles. The van der Waals surface area contributed by atoms with Crippen LogP contribution in [0.4, 0.5) is 23.8 Å². The first kappa shape index (κ1) is 24.5. The van der Waals surface area contributed by atoms with Gasteiger partial charge in [-0.25, -0.2) is 9.78 Å². The van der Waals surface area contributed by atoms with Crippen LogP contribution in [0.3, 0.4) is 0 Å². The van der Waals surface area contributed by atoms with Gasteiger partial charge < -0.3 is 25.2 Å². The van der Waals surface area contributed by atoms with E-state index in [1.807, 2.05) is 19.0 Å². The zero-order valence-electron chi connectivity index (χ0n) is 19.2. The van der Waals surface area contributed by atoms with Crippen LogP contribution in [0.15, 0.2) is 11.4 Å². The maximum absolute atomic E-state index is 13.9. The smallest absolute Gasteiger partial charge is 0.417 e. The molecule has 1 aliphatic heterocycles. The quantitative estimate of drug-likeness (QED) is 0.634. The van der Waals surface area contributed by atoms with Gasteiger partial charge in [0.25, 0.3) is 5.91 Å². The maximum atomic E-state index is 13.9. The molecule has 2 aliphatic rings. The van der Waals surface area contributed by atoms with Crippen LogP contribution in [0.2, 0.25) is 0 Å². The maximum Gasteiger partial charge on any atom is 0.417 e. The Hall–Kier alpha value is -2.60. The molecule has 0 spiro atoms. The Morgan fingerprint density at radius 3 is 2.65 bits per heavy atom. The van der Waals surface area contributed by atoms with Crippen LogP contribution in [0.1, 0.15) is 35.2 Å². The van der Waals surface area contributed by atoms with Gasteiger partial charge in [0.05, 0.1) is 27.4 Å². The lowest BCUT2D eigenvalue weighted by molar-refractivity contribution is -0.136. The number of ether oxygens (including phenoxy) is 1. The Morgan fingerprint density at radius 1 is 1.29 bits per heavy atom. The van der Waals surface area contributed by atoms with E-state index in [9.17, 15) is 22.8 Å². The molecule has 34 heavy (non-hydrogen) atoms. The molecule has 0 bridgehead atoms. The predicted molar refractivity (Wildman–Crippen MR) is 123 cm³/mol. The van der Waals surface area contributed by atoms with Gasteiger partial charge in [0.15, 0.2) is 0 Å². The second-order valence-corrected chi connectivity index (χ2v) is 9.85. The lowest BCUT2D eigenvalue weighted by atomic mass is 10.0. The molecule has 4 rings (SSSR count). The summed E-state index contributed by atoms with van der Waals surface area (Å²) in [6.45, 7) is 1.28. The van der Waals surface area contributed by atoms with Crippen molar-refractivity contribution in [3.8, 4) is 0 Å². The van der Waals surface area contributed by atoms with Crippen molar-refractivity contribution in [3.05, 3.63) is 22.6 Å². The fourth-order valence-electron chi connectivity index (χ4n) is 4.14. The summed E-state index contributed by atoms with van der Waals surface area (Å²) in [6.07, 6.45) is -2.80. The first-order valence-corrected chi connectivity index (χ1v) is 12.0. The Bertz CT molecular complexity index is 1070. The minimum Gasteiger partial charge on any atom is -0.444 e. The van der Waals surface area contributed by atoms with E-state index in [1.165, 1.54) is 12.4 Å². The van der Waals surface area contributed by atoms with E-state index in [1.54, 1.807) is 4.90 Å². The Morgan fingerprint density at radius 2 is 2.03 bits per heavy atom. The summed E-state index contributed by atoms with van der Waals surface area (Å²) < 4.78 is 47.3. The number of hydrogen-bond donors (Lipinski definition) is 2. The minimum atomic E-state index is -4.59. The molecule has 0 aromatic carbocycles. The molecule has 1 saturated carbocycles. The fourth-order valence-corrected chi connectivity index (χ4v) is 5.17. The zero-order chi connectivity index (χ0) is 24.6. The molecule has 2 N–H and O–H groups in total. The SMILES string of the molecule is CNC(=O)c1csc2c(C(F)(F)F)cc(N3CC[C@@H](OC(=O)NCC4CC4)[C@H](N(C)C)C3)nc12. The number of nitrogens with zero attached hydrogens (tertiary/aromatic N) is 3. The highest BCUT2D eigenvalue weighted by molar-refractivity contribution is 7.17. The number of pyridine rings is 1. The number of rotatable bonds is 6. The molecule has 2 atom stereocenters. The monoisotopic (exact) mass is 499 g/mol. The van der Waals surface area contributed by atoms with Gasteiger partial charge in [-0.2, -0.15) is 13.2 Å². The van der Waals surface area contributed by atoms with Crippen molar-refractivity contribution in [1.82, 2.24) is 20.5 Å². The summed E-state index contributed by atoms with van der Waals surface area (Å²) in [5.41, 5.74) is -0.662. The molecule has 2 aromatic rings. The zero-order valence-corrected chi connectivity index (χ0v) is 20.1. The third-order valence-corrected chi connectivity index (χ3v) is 7.29. The molecule has 0 unspecified atom stereocenters. The normalized spacial score (nSPS) is 21.1. The van der Waals surface area contributed by atoms with Crippen LogP contribution >= 0.6 is 11.3 Å². The number of alkyl halides is 3. The number of thiophene rings is 1. The topological polar surface area (TPSA) is 86.8 Å².